The molecule has 1 aliphatic heterocycles. The monoisotopic (exact) mass is 493 g/mol. The van der Waals surface area contributed by atoms with Crippen LogP contribution in [0.15, 0.2) is 52.3 Å². The van der Waals surface area contributed by atoms with Crippen molar-refractivity contribution in [3.8, 4) is 11.5 Å². The number of nitrogens with one attached hydrogen (secondary N) is 1. The highest BCUT2D eigenvalue weighted by Gasteiger charge is 2.32. The minimum atomic E-state index is -3.81. The lowest BCUT2D eigenvalue weighted by Gasteiger charge is -2.14. The summed E-state index contributed by atoms with van der Waals surface area (Å²) in [5.74, 6) is -0.419. The van der Waals surface area contributed by atoms with Gasteiger partial charge in [-0.3, -0.25) is 14.5 Å². The largest absolute Gasteiger partial charge is 0.504 e. The Hall–Kier alpha value is -2.93. The summed E-state index contributed by atoms with van der Waals surface area (Å²) in [4.78, 5) is 26.6. The van der Waals surface area contributed by atoms with Gasteiger partial charge in [0, 0.05) is 18.7 Å². The third-order valence-electron chi connectivity index (χ3n) is 4.40. The van der Waals surface area contributed by atoms with Crippen LogP contribution in [0.5, 0.6) is 11.5 Å². The number of anilines is 1. The Balaban J connectivity index is 1.61. The van der Waals surface area contributed by atoms with Crippen LogP contribution in [0.1, 0.15) is 12.0 Å². The Kier molecular flexibility index (Phi) is 7.19. The van der Waals surface area contributed by atoms with Crippen molar-refractivity contribution in [2.24, 2.45) is 5.14 Å². The predicted octanol–water partition coefficient (Wildman–Crippen LogP) is 2.28. The molecule has 1 fully saturated rings. The molecule has 168 valence electrons. The molecule has 0 radical (unpaired) electrons. The van der Waals surface area contributed by atoms with Gasteiger partial charge < -0.3 is 15.2 Å². The number of nitrogens with two attached hydrogens (primary N) is 1. The highest BCUT2D eigenvalue weighted by molar-refractivity contribution is 8.26. The van der Waals surface area contributed by atoms with E-state index in [1.807, 2.05) is 0 Å². The van der Waals surface area contributed by atoms with Crippen molar-refractivity contribution in [2.75, 3.05) is 19.0 Å². The van der Waals surface area contributed by atoms with Crippen molar-refractivity contribution in [2.45, 2.75) is 11.3 Å². The number of benzene rings is 2. The number of aromatic hydroxyl groups is 1. The lowest BCUT2D eigenvalue weighted by molar-refractivity contribution is -0.122. The van der Waals surface area contributed by atoms with Crippen molar-refractivity contribution in [1.29, 1.82) is 0 Å². The molecule has 2 aromatic rings. The fourth-order valence-electron chi connectivity index (χ4n) is 2.79. The number of phenols is 1. The molecule has 0 unspecified atom stereocenters. The van der Waals surface area contributed by atoms with Crippen LogP contribution in [0, 0.1) is 0 Å². The molecule has 12 heteroatoms. The number of primary sulfonamides is 1. The number of rotatable bonds is 7. The zero-order valence-electron chi connectivity index (χ0n) is 16.8. The standard InChI is InChI=1S/C20H19N3O6S3/c1-29-16-10-12(2-7-15(16)24)11-17-19(26)23(20(30)31-17)9-8-18(25)22-13-3-5-14(6-4-13)32(21,27)28/h2-7,10-11,24H,8-9H2,1H3,(H,22,25)(H2,21,27,28)/b17-11-. The maximum atomic E-state index is 12.7. The maximum Gasteiger partial charge on any atom is 0.266 e. The molecular weight excluding hydrogens is 474 g/mol. The Morgan fingerprint density at radius 3 is 2.59 bits per heavy atom. The van der Waals surface area contributed by atoms with Crippen molar-refractivity contribution in [3.05, 3.63) is 52.9 Å². The Morgan fingerprint density at radius 1 is 1.28 bits per heavy atom. The van der Waals surface area contributed by atoms with Gasteiger partial charge in [-0.15, -0.1) is 0 Å². The van der Waals surface area contributed by atoms with E-state index in [1.165, 1.54) is 42.3 Å². The summed E-state index contributed by atoms with van der Waals surface area (Å²) in [6.07, 6.45) is 1.62. The van der Waals surface area contributed by atoms with E-state index in [0.29, 0.717) is 20.5 Å². The third-order valence-corrected chi connectivity index (χ3v) is 6.71. The van der Waals surface area contributed by atoms with E-state index in [2.05, 4.69) is 5.32 Å². The SMILES string of the molecule is COc1cc(/C=C2\SC(=S)N(CCC(=O)Nc3ccc(S(N)(=O)=O)cc3)C2=O)ccc1O. The van der Waals surface area contributed by atoms with Crippen molar-refractivity contribution >= 4 is 61.9 Å². The number of thioether (sulfide) groups is 1. The molecule has 3 rings (SSSR count). The van der Waals surface area contributed by atoms with Gasteiger partial charge >= 0.3 is 0 Å². The van der Waals surface area contributed by atoms with Gasteiger partial charge in [0.2, 0.25) is 15.9 Å². The molecule has 1 aliphatic rings. The lowest BCUT2D eigenvalue weighted by Crippen LogP contribution is -2.31. The maximum absolute atomic E-state index is 12.7. The molecule has 0 saturated carbocycles. The van der Waals surface area contributed by atoms with Crippen LogP contribution in [0.3, 0.4) is 0 Å². The van der Waals surface area contributed by atoms with Crippen LogP contribution in [0.2, 0.25) is 0 Å². The van der Waals surface area contributed by atoms with Gasteiger partial charge in [-0.05, 0) is 48.0 Å². The molecule has 0 aliphatic carbocycles. The summed E-state index contributed by atoms with van der Waals surface area (Å²) in [5, 5.41) is 17.4. The second kappa shape index (κ2) is 9.69. The molecule has 1 heterocycles. The van der Waals surface area contributed by atoms with Gasteiger partial charge in [-0.25, -0.2) is 13.6 Å². The van der Waals surface area contributed by atoms with Crippen LogP contribution in [0.25, 0.3) is 6.08 Å². The number of hydrogen-bond donors (Lipinski definition) is 3. The molecule has 4 N–H and O–H groups in total. The van der Waals surface area contributed by atoms with E-state index >= 15 is 0 Å². The fraction of sp³-hybridized carbons (Fsp3) is 0.150. The number of carbonyl (C=O) groups excluding carboxylic acids is 2. The highest BCUT2D eigenvalue weighted by Crippen LogP contribution is 2.34. The molecule has 9 nitrogen and oxygen atoms in total. The van der Waals surface area contributed by atoms with E-state index in [0.717, 1.165) is 11.8 Å². The zero-order chi connectivity index (χ0) is 23.5. The molecule has 2 amide bonds. The summed E-state index contributed by atoms with van der Waals surface area (Å²) < 4.78 is 28.0. The van der Waals surface area contributed by atoms with Crippen LogP contribution in [-0.2, 0) is 19.6 Å². The van der Waals surface area contributed by atoms with Crippen LogP contribution >= 0.6 is 24.0 Å². The number of phenolic OH excluding ortho intramolecular Hbond substituents is 1. The number of nitrogens with zero attached hydrogens (tertiary/aromatic N) is 1. The fourth-order valence-corrected chi connectivity index (χ4v) is 4.62. The van der Waals surface area contributed by atoms with E-state index in [4.69, 9.17) is 22.1 Å². The molecule has 0 aromatic heterocycles. The number of carbonyl (C=O) groups is 2. The molecule has 0 atom stereocenters. The lowest BCUT2D eigenvalue weighted by atomic mass is 10.2. The molecule has 0 bridgehead atoms. The Labute approximate surface area is 194 Å². The smallest absolute Gasteiger partial charge is 0.266 e. The molecule has 1 saturated heterocycles. The van der Waals surface area contributed by atoms with Crippen molar-refractivity contribution in [1.82, 2.24) is 4.90 Å². The molecular formula is C20H19N3O6S3. The number of ether oxygens (including phenoxy) is 1. The topological polar surface area (TPSA) is 139 Å². The van der Waals surface area contributed by atoms with Crippen LogP contribution in [0.4, 0.5) is 5.69 Å². The van der Waals surface area contributed by atoms with E-state index in [9.17, 15) is 23.1 Å². The third kappa shape index (κ3) is 5.65. The quantitative estimate of drug-likeness (QED) is 0.394. The van der Waals surface area contributed by atoms with E-state index in [-0.39, 0.29) is 41.2 Å². The average Bonchev–Trinajstić information content (AvgIpc) is 3.00. The number of methoxy groups -OCH3 is 1. The number of hydrogen-bond acceptors (Lipinski definition) is 8. The minimum absolute atomic E-state index is 0.0102. The summed E-state index contributed by atoms with van der Waals surface area (Å²) >= 11 is 6.39. The van der Waals surface area contributed by atoms with Gasteiger partial charge in [0.05, 0.1) is 16.9 Å². The minimum Gasteiger partial charge on any atom is -0.504 e. The average molecular weight is 494 g/mol. The van der Waals surface area contributed by atoms with Gasteiger partial charge in [0.15, 0.2) is 11.5 Å². The Bertz CT molecular complexity index is 1210. The normalized spacial score (nSPS) is 15.3. The zero-order valence-corrected chi connectivity index (χ0v) is 19.2. The first-order valence-corrected chi connectivity index (χ1v) is 11.9. The first-order valence-electron chi connectivity index (χ1n) is 9.13. The predicted molar refractivity (Wildman–Crippen MR) is 126 cm³/mol. The summed E-state index contributed by atoms with van der Waals surface area (Å²) in [6, 6.07) is 10.1. The summed E-state index contributed by atoms with van der Waals surface area (Å²) in [6.45, 7) is 0.0853. The molecule has 0 spiro atoms. The van der Waals surface area contributed by atoms with Crippen molar-refractivity contribution in [3.63, 3.8) is 0 Å². The van der Waals surface area contributed by atoms with Gasteiger partial charge in [-0.1, -0.05) is 30.0 Å². The number of thiocarbonyl (C=S) groups is 1. The van der Waals surface area contributed by atoms with E-state index in [1.54, 1.807) is 18.2 Å². The number of sulfonamides is 1. The molecule has 32 heavy (non-hydrogen) atoms. The summed E-state index contributed by atoms with van der Waals surface area (Å²) in [7, 11) is -2.39. The van der Waals surface area contributed by atoms with E-state index < -0.39 is 10.0 Å². The van der Waals surface area contributed by atoms with Crippen LogP contribution in [-0.4, -0.2) is 48.2 Å². The van der Waals surface area contributed by atoms with Gasteiger partial charge in [0.25, 0.3) is 5.91 Å². The second-order valence-corrected chi connectivity index (χ2v) is 9.87. The molecule has 2 aromatic carbocycles. The second-order valence-electron chi connectivity index (χ2n) is 6.63. The van der Waals surface area contributed by atoms with Gasteiger partial charge in [0.1, 0.15) is 4.32 Å². The highest BCUT2D eigenvalue weighted by atomic mass is 32.2. The van der Waals surface area contributed by atoms with Crippen LogP contribution < -0.4 is 15.2 Å². The Morgan fingerprint density at radius 2 is 1.97 bits per heavy atom. The number of amides is 2. The summed E-state index contributed by atoms with van der Waals surface area (Å²) in [5.41, 5.74) is 1.05. The first kappa shape index (κ1) is 23.7. The van der Waals surface area contributed by atoms with Gasteiger partial charge in [-0.2, -0.15) is 0 Å². The van der Waals surface area contributed by atoms with Crippen molar-refractivity contribution < 1.29 is 27.9 Å². The first-order chi connectivity index (χ1) is 15.1.